The summed E-state index contributed by atoms with van der Waals surface area (Å²) >= 11 is 5.90. The van der Waals surface area contributed by atoms with E-state index < -0.39 is 11.4 Å². The van der Waals surface area contributed by atoms with Crippen molar-refractivity contribution in [2.75, 3.05) is 0 Å². The Labute approximate surface area is 111 Å². The molecule has 1 atom stereocenters. The standard InChI is InChI=1S/C15H14ClFO/c1-10-6-7-14(17)13(8-10)15(2,18)11-4-3-5-12(16)9-11/h3-9,18H,1-2H3. The lowest BCUT2D eigenvalue weighted by atomic mass is 9.87. The van der Waals surface area contributed by atoms with Crippen LogP contribution in [-0.2, 0) is 5.60 Å². The third kappa shape index (κ3) is 2.40. The van der Waals surface area contributed by atoms with Crippen LogP contribution in [-0.4, -0.2) is 5.11 Å². The summed E-state index contributed by atoms with van der Waals surface area (Å²) in [5, 5.41) is 11.1. The van der Waals surface area contributed by atoms with Gasteiger partial charge in [0.25, 0.3) is 0 Å². The zero-order chi connectivity index (χ0) is 13.3. The average molecular weight is 265 g/mol. The van der Waals surface area contributed by atoms with Gasteiger partial charge in [-0.25, -0.2) is 4.39 Å². The first-order valence-corrected chi connectivity index (χ1v) is 6.04. The van der Waals surface area contributed by atoms with Crippen LogP contribution in [0.25, 0.3) is 0 Å². The van der Waals surface area contributed by atoms with Crippen molar-refractivity contribution < 1.29 is 9.50 Å². The zero-order valence-corrected chi connectivity index (χ0v) is 11.0. The quantitative estimate of drug-likeness (QED) is 0.868. The molecular formula is C15H14ClFO. The largest absolute Gasteiger partial charge is 0.381 e. The Kier molecular flexibility index (Phi) is 3.42. The number of aryl methyl sites for hydroxylation is 1. The van der Waals surface area contributed by atoms with Gasteiger partial charge in [0.1, 0.15) is 11.4 Å². The van der Waals surface area contributed by atoms with E-state index in [1.165, 1.54) is 6.07 Å². The second kappa shape index (κ2) is 4.71. The van der Waals surface area contributed by atoms with Crippen LogP contribution in [0.5, 0.6) is 0 Å². The highest BCUT2D eigenvalue weighted by molar-refractivity contribution is 6.30. The fourth-order valence-corrected chi connectivity index (χ4v) is 2.15. The molecule has 1 nitrogen and oxygen atoms in total. The first-order valence-electron chi connectivity index (χ1n) is 5.66. The zero-order valence-electron chi connectivity index (χ0n) is 10.2. The van der Waals surface area contributed by atoms with E-state index in [-0.39, 0.29) is 5.56 Å². The third-order valence-electron chi connectivity index (χ3n) is 3.03. The van der Waals surface area contributed by atoms with Crippen molar-refractivity contribution in [3.63, 3.8) is 0 Å². The molecule has 0 saturated heterocycles. The molecule has 1 N–H and O–H groups in total. The van der Waals surface area contributed by atoms with Crippen LogP contribution in [0.15, 0.2) is 42.5 Å². The summed E-state index contributed by atoms with van der Waals surface area (Å²) in [6.07, 6.45) is 0. The fraction of sp³-hybridized carbons (Fsp3) is 0.200. The van der Waals surface area contributed by atoms with Crippen LogP contribution in [0.1, 0.15) is 23.6 Å². The van der Waals surface area contributed by atoms with Crippen LogP contribution in [0.4, 0.5) is 4.39 Å². The van der Waals surface area contributed by atoms with Gasteiger partial charge in [-0.15, -0.1) is 0 Å². The van der Waals surface area contributed by atoms with Crippen LogP contribution in [0, 0.1) is 12.7 Å². The van der Waals surface area contributed by atoms with Gasteiger partial charge in [0.2, 0.25) is 0 Å². The molecule has 2 rings (SSSR count). The summed E-state index contributed by atoms with van der Waals surface area (Å²) in [5.74, 6) is -0.425. The van der Waals surface area contributed by atoms with Gasteiger partial charge in [-0.3, -0.25) is 0 Å². The molecule has 0 radical (unpaired) electrons. The molecule has 18 heavy (non-hydrogen) atoms. The predicted octanol–water partition coefficient (Wildman–Crippen LogP) is 4.04. The van der Waals surface area contributed by atoms with Gasteiger partial charge in [0.05, 0.1) is 0 Å². The minimum absolute atomic E-state index is 0.254. The second-order valence-corrected chi connectivity index (χ2v) is 5.00. The molecule has 0 saturated carbocycles. The van der Waals surface area contributed by atoms with Gasteiger partial charge >= 0.3 is 0 Å². The number of hydrogen-bond donors (Lipinski definition) is 1. The number of benzene rings is 2. The number of halogens is 2. The van der Waals surface area contributed by atoms with Crippen molar-refractivity contribution in [3.8, 4) is 0 Å². The molecule has 0 heterocycles. The SMILES string of the molecule is Cc1ccc(F)c(C(C)(O)c2cccc(Cl)c2)c1. The molecule has 0 aromatic heterocycles. The Hall–Kier alpha value is -1.38. The molecule has 94 valence electrons. The Morgan fingerprint density at radius 3 is 2.56 bits per heavy atom. The summed E-state index contributed by atoms with van der Waals surface area (Å²) in [6, 6.07) is 11.5. The molecule has 0 bridgehead atoms. The molecule has 2 aromatic rings. The highest BCUT2D eigenvalue weighted by atomic mass is 35.5. The van der Waals surface area contributed by atoms with Gasteiger partial charge in [-0.1, -0.05) is 35.4 Å². The Balaban J connectivity index is 2.57. The topological polar surface area (TPSA) is 20.2 Å². The Morgan fingerprint density at radius 2 is 1.89 bits per heavy atom. The van der Waals surface area contributed by atoms with Gasteiger partial charge in [-0.05, 0) is 43.7 Å². The van der Waals surface area contributed by atoms with Crippen molar-refractivity contribution in [1.29, 1.82) is 0 Å². The molecule has 0 aliphatic carbocycles. The highest BCUT2D eigenvalue weighted by Crippen LogP contribution is 2.32. The first-order chi connectivity index (χ1) is 8.41. The van der Waals surface area contributed by atoms with Gasteiger partial charge in [0, 0.05) is 10.6 Å². The maximum Gasteiger partial charge on any atom is 0.129 e. The average Bonchev–Trinajstić information content (AvgIpc) is 2.32. The number of aliphatic hydroxyl groups is 1. The molecule has 0 amide bonds. The normalized spacial score (nSPS) is 14.3. The Bertz CT molecular complexity index is 578. The summed E-state index contributed by atoms with van der Waals surface area (Å²) in [6.45, 7) is 3.42. The van der Waals surface area contributed by atoms with E-state index in [2.05, 4.69) is 0 Å². The molecule has 1 unspecified atom stereocenters. The first kappa shape index (κ1) is 13.1. The molecule has 0 fully saturated rings. The molecule has 3 heteroatoms. The second-order valence-electron chi connectivity index (χ2n) is 4.57. The summed E-state index contributed by atoms with van der Waals surface area (Å²) in [5.41, 5.74) is 0.319. The Morgan fingerprint density at radius 1 is 1.17 bits per heavy atom. The number of hydrogen-bond acceptors (Lipinski definition) is 1. The lowest BCUT2D eigenvalue weighted by molar-refractivity contribution is 0.0979. The van der Waals surface area contributed by atoms with Gasteiger partial charge < -0.3 is 5.11 Å². The van der Waals surface area contributed by atoms with Crippen LogP contribution < -0.4 is 0 Å². The maximum absolute atomic E-state index is 13.9. The maximum atomic E-state index is 13.9. The fourth-order valence-electron chi connectivity index (χ4n) is 1.96. The monoisotopic (exact) mass is 264 g/mol. The molecule has 2 aromatic carbocycles. The van der Waals surface area contributed by atoms with E-state index in [9.17, 15) is 9.50 Å². The van der Waals surface area contributed by atoms with E-state index in [1.807, 2.05) is 6.92 Å². The van der Waals surface area contributed by atoms with Crippen LogP contribution in [0.3, 0.4) is 0 Å². The van der Waals surface area contributed by atoms with Gasteiger partial charge in [0.15, 0.2) is 0 Å². The van der Waals surface area contributed by atoms with Crippen molar-refractivity contribution in [2.24, 2.45) is 0 Å². The van der Waals surface area contributed by atoms with Crippen molar-refractivity contribution >= 4 is 11.6 Å². The van der Waals surface area contributed by atoms with Crippen molar-refractivity contribution in [3.05, 3.63) is 70.0 Å². The number of rotatable bonds is 2. The van der Waals surface area contributed by atoms with E-state index in [0.29, 0.717) is 10.6 Å². The van der Waals surface area contributed by atoms with Crippen molar-refractivity contribution in [2.45, 2.75) is 19.4 Å². The molecular weight excluding hydrogens is 251 g/mol. The summed E-state index contributed by atoms with van der Waals surface area (Å²) in [7, 11) is 0. The van der Waals surface area contributed by atoms with Crippen LogP contribution >= 0.6 is 11.6 Å². The van der Waals surface area contributed by atoms with Crippen LogP contribution in [0.2, 0.25) is 5.02 Å². The molecule has 0 aliphatic heterocycles. The predicted molar refractivity (Wildman–Crippen MR) is 71.3 cm³/mol. The smallest absolute Gasteiger partial charge is 0.129 e. The molecule has 0 spiro atoms. The summed E-state index contributed by atoms with van der Waals surface area (Å²) in [4.78, 5) is 0. The lowest BCUT2D eigenvalue weighted by Crippen LogP contribution is -2.24. The van der Waals surface area contributed by atoms with Crippen molar-refractivity contribution in [1.82, 2.24) is 0 Å². The summed E-state index contributed by atoms with van der Waals surface area (Å²) < 4.78 is 13.9. The third-order valence-corrected chi connectivity index (χ3v) is 3.27. The minimum Gasteiger partial charge on any atom is -0.381 e. The van der Waals surface area contributed by atoms with E-state index in [4.69, 9.17) is 11.6 Å². The van der Waals surface area contributed by atoms with Gasteiger partial charge in [-0.2, -0.15) is 0 Å². The lowest BCUT2D eigenvalue weighted by Gasteiger charge is -2.25. The van der Waals surface area contributed by atoms with E-state index >= 15 is 0 Å². The molecule has 0 aliphatic rings. The highest BCUT2D eigenvalue weighted by Gasteiger charge is 2.28. The van der Waals surface area contributed by atoms with E-state index in [0.717, 1.165) is 5.56 Å². The minimum atomic E-state index is -1.40. The van der Waals surface area contributed by atoms with E-state index in [1.54, 1.807) is 43.3 Å².